The van der Waals surface area contributed by atoms with Crippen LogP contribution in [0.1, 0.15) is 29.0 Å². The fourth-order valence-corrected chi connectivity index (χ4v) is 1.87. The van der Waals surface area contributed by atoms with E-state index >= 15 is 0 Å². The molecule has 1 atom stereocenters. The number of rotatable bonds is 3. The predicted octanol–water partition coefficient (Wildman–Crippen LogP) is 2.32. The third-order valence-electron chi connectivity index (χ3n) is 2.30. The summed E-state index contributed by atoms with van der Waals surface area (Å²) in [6.07, 6.45) is 0.855. The Kier molecular flexibility index (Phi) is 3.53. The molecular weight excluding hydrogens is 198 g/mol. The predicted molar refractivity (Wildman–Crippen MR) is 58.3 cm³/mol. The second kappa shape index (κ2) is 4.47. The number of carbonyl (C=O) groups is 1. The molecule has 0 spiro atoms. The van der Waals surface area contributed by atoms with Crippen LogP contribution in [-0.4, -0.2) is 5.91 Å². The zero-order valence-corrected chi connectivity index (χ0v) is 9.14. The number of hydrogen-bond acceptors (Lipinski definition) is 1. The molecule has 0 aromatic heterocycles. The van der Waals surface area contributed by atoms with Crippen molar-refractivity contribution in [1.82, 2.24) is 0 Å². The van der Waals surface area contributed by atoms with Crippen LogP contribution in [0.2, 0.25) is 0 Å². The normalized spacial score (nSPS) is 12.5. The summed E-state index contributed by atoms with van der Waals surface area (Å²) in [4.78, 5) is 11.0. The minimum Gasteiger partial charge on any atom is -0.368 e. The molecule has 14 heavy (non-hydrogen) atoms. The van der Waals surface area contributed by atoms with Gasteiger partial charge in [-0.1, -0.05) is 25.1 Å². The van der Waals surface area contributed by atoms with Crippen LogP contribution in [0.5, 0.6) is 0 Å². The average Bonchev–Trinajstić information content (AvgIpc) is 2.16. The van der Waals surface area contributed by atoms with Gasteiger partial charge in [-0.3, -0.25) is 4.79 Å². The first kappa shape index (κ1) is 11.1. The standard InChI is InChI=1S/C11H14ClNO/c1-3-8-6-4-5-7(2)9(8)10(12)11(13)14/h4-6,10H,3H2,1-2H3,(H2,13,14). The van der Waals surface area contributed by atoms with E-state index in [0.29, 0.717) is 0 Å². The maximum absolute atomic E-state index is 11.0. The summed E-state index contributed by atoms with van der Waals surface area (Å²) >= 11 is 5.96. The van der Waals surface area contributed by atoms with E-state index in [1.165, 1.54) is 0 Å². The molecule has 0 radical (unpaired) electrons. The van der Waals surface area contributed by atoms with E-state index in [1.807, 2.05) is 32.0 Å². The highest BCUT2D eigenvalue weighted by atomic mass is 35.5. The number of hydrogen-bond donors (Lipinski definition) is 1. The highest BCUT2D eigenvalue weighted by Gasteiger charge is 2.18. The Balaban J connectivity index is 3.23. The Hall–Kier alpha value is -1.02. The number of nitrogens with two attached hydrogens (primary N) is 1. The number of halogens is 1. The van der Waals surface area contributed by atoms with Crippen LogP contribution in [0.15, 0.2) is 18.2 Å². The fourth-order valence-electron chi connectivity index (χ4n) is 1.55. The number of amides is 1. The first-order valence-corrected chi connectivity index (χ1v) is 5.03. The van der Waals surface area contributed by atoms with E-state index in [-0.39, 0.29) is 0 Å². The van der Waals surface area contributed by atoms with Crippen molar-refractivity contribution < 1.29 is 4.79 Å². The van der Waals surface area contributed by atoms with Gasteiger partial charge in [-0.05, 0) is 30.0 Å². The molecule has 1 amide bonds. The van der Waals surface area contributed by atoms with Gasteiger partial charge in [-0.25, -0.2) is 0 Å². The summed E-state index contributed by atoms with van der Waals surface area (Å²) in [5, 5.41) is -0.717. The van der Waals surface area contributed by atoms with E-state index in [0.717, 1.165) is 23.1 Å². The van der Waals surface area contributed by atoms with Crippen LogP contribution in [0, 0.1) is 6.92 Å². The molecule has 1 rings (SSSR count). The van der Waals surface area contributed by atoms with Gasteiger partial charge in [0, 0.05) is 0 Å². The molecule has 76 valence electrons. The van der Waals surface area contributed by atoms with Crippen LogP contribution < -0.4 is 5.73 Å². The monoisotopic (exact) mass is 211 g/mol. The second-order valence-corrected chi connectivity index (χ2v) is 3.70. The lowest BCUT2D eigenvalue weighted by Gasteiger charge is -2.13. The third-order valence-corrected chi connectivity index (χ3v) is 2.73. The van der Waals surface area contributed by atoms with E-state index in [1.54, 1.807) is 0 Å². The first-order chi connectivity index (χ1) is 6.57. The Morgan fingerprint density at radius 1 is 1.57 bits per heavy atom. The van der Waals surface area contributed by atoms with Crippen molar-refractivity contribution in [2.75, 3.05) is 0 Å². The van der Waals surface area contributed by atoms with Crippen molar-refractivity contribution >= 4 is 17.5 Å². The van der Waals surface area contributed by atoms with Crippen LogP contribution in [0.4, 0.5) is 0 Å². The molecule has 0 saturated heterocycles. The molecule has 0 fully saturated rings. The summed E-state index contributed by atoms with van der Waals surface area (Å²) in [5.74, 6) is -0.490. The molecule has 1 unspecified atom stereocenters. The van der Waals surface area contributed by atoms with E-state index in [9.17, 15) is 4.79 Å². The highest BCUT2D eigenvalue weighted by molar-refractivity contribution is 6.30. The Bertz CT molecular complexity index is 349. The molecule has 1 aromatic carbocycles. The van der Waals surface area contributed by atoms with E-state index in [2.05, 4.69) is 0 Å². The summed E-state index contributed by atoms with van der Waals surface area (Å²) in [7, 11) is 0. The van der Waals surface area contributed by atoms with Crippen LogP contribution in [0.25, 0.3) is 0 Å². The lowest BCUT2D eigenvalue weighted by atomic mass is 9.97. The van der Waals surface area contributed by atoms with Crippen LogP contribution in [-0.2, 0) is 11.2 Å². The van der Waals surface area contributed by atoms with Gasteiger partial charge in [0.1, 0.15) is 5.38 Å². The molecule has 0 heterocycles. The summed E-state index contributed by atoms with van der Waals surface area (Å²) in [6, 6.07) is 5.87. The average molecular weight is 212 g/mol. The molecule has 3 heteroatoms. The Morgan fingerprint density at radius 3 is 2.71 bits per heavy atom. The van der Waals surface area contributed by atoms with Gasteiger partial charge >= 0.3 is 0 Å². The second-order valence-electron chi connectivity index (χ2n) is 3.27. The third kappa shape index (κ3) is 2.07. The van der Waals surface area contributed by atoms with Gasteiger partial charge in [0.25, 0.3) is 0 Å². The van der Waals surface area contributed by atoms with Crippen LogP contribution >= 0.6 is 11.6 Å². The van der Waals surface area contributed by atoms with Gasteiger partial charge in [-0.15, -0.1) is 11.6 Å². The van der Waals surface area contributed by atoms with Gasteiger partial charge in [0.15, 0.2) is 0 Å². The molecule has 2 nitrogen and oxygen atoms in total. The highest BCUT2D eigenvalue weighted by Crippen LogP contribution is 2.27. The molecule has 0 bridgehead atoms. The van der Waals surface area contributed by atoms with Gasteiger partial charge in [-0.2, -0.15) is 0 Å². The van der Waals surface area contributed by atoms with E-state index in [4.69, 9.17) is 17.3 Å². The molecule has 2 N–H and O–H groups in total. The van der Waals surface area contributed by atoms with Crippen molar-refractivity contribution in [2.45, 2.75) is 25.6 Å². The quantitative estimate of drug-likeness (QED) is 0.767. The lowest BCUT2D eigenvalue weighted by molar-refractivity contribution is -0.117. The number of benzene rings is 1. The van der Waals surface area contributed by atoms with E-state index < -0.39 is 11.3 Å². The maximum atomic E-state index is 11.0. The minimum absolute atomic E-state index is 0.490. The first-order valence-electron chi connectivity index (χ1n) is 4.59. The maximum Gasteiger partial charge on any atom is 0.240 e. The number of aryl methyl sites for hydroxylation is 2. The molecular formula is C11H14ClNO. The zero-order chi connectivity index (χ0) is 10.7. The van der Waals surface area contributed by atoms with Crippen molar-refractivity contribution in [3.8, 4) is 0 Å². The Labute approximate surface area is 89.1 Å². The zero-order valence-electron chi connectivity index (χ0n) is 8.38. The fraction of sp³-hybridized carbons (Fsp3) is 0.364. The number of alkyl halides is 1. The van der Waals surface area contributed by atoms with Crippen molar-refractivity contribution in [1.29, 1.82) is 0 Å². The lowest BCUT2D eigenvalue weighted by Crippen LogP contribution is -2.19. The largest absolute Gasteiger partial charge is 0.368 e. The smallest absolute Gasteiger partial charge is 0.240 e. The van der Waals surface area contributed by atoms with Gasteiger partial charge < -0.3 is 5.73 Å². The van der Waals surface area contributed by atoms with Crippen molar-refractivity contribution in [3.05, 3.63) is 34.9 Å². The topological polar surface area (TPSA) is 43.1 Å². The van der Waals surface area contributed by atoms with Crippen molar-refractivity contribution in [2.24, 2.45) is 5.73 Å². The van der Waals surface area contributed by atoms with Crippen LogP contribution in [0.3, 0.4) is 0 Å². The molecule has 0 aliphatic heterocycles. The molecule has 1 aromatic rings. The SMILES string of the molecule is CCc1cccc(C)c1C(Cl)C(N)=O. The van der Waals surface area contributed by atoms with Crippen molar-refractivity contribution in [3.63, 3.8) is 0 Å². The molecule has 0 aliphatic carbocycles. The number of carbonyl (C=O) groups excluding carboxylic acids is 1. The number of primary amides is 1. The summed E-state index contributed by atoms with van der Waals surface area (Å²) in [5.41, 5.74) is 8.16. The minimum atomic E-state index is -0.717. The molecule has 0 saturated carbocycles. The van der Waals surface area contributed by atoms with Gasteiger partial charge in [0.2, 0.25) is 5.91 Å². The van der Waals surface area contributed by atoms with Gasteiger partial charge in [0.05, 0.1) is 0 Å². The summed E-state index contributed by atoms with van der Waals surface area (Å²) < 4.78 is 0. The summed E-state index contributed by atoms with van der Waals surface area (Å²) in [6.45, 7) is 3.97. The molecule has 0 aliphatic rings. The Morgan fingerprint density at radius 2 is 2.21 bits per heavy atom.